The zero-order valence-electron chi connectivity index (χ0n) is 13.8. The van der Waals surface area contributed by atoms with Gasteiger partial charge < -0.3 is 4.74 Å². The third kappa shape index (κ3) is 3.40. The normalized spacial score (nSPS) is 22.2. The zero-order valence-corrected chi connectivity index (χ0v) is 13.8. The number of halogens is 5. The van der Waals surface area contributed by atoms with Gasteiger partial charge in [-0.05, 0) is 31.5 Å². The molecule has 0 spiro atoms. The molecular weight excluding hydrogens is 373 g/mol. The molecule has 3 aromatic heterocycles. The van der Waals surface area contributed by atoms with Gasteiger partial charge >= 0.3 is 6.18 Å². The summed E-state index contributed by atoms with van der Waals surface area (Å²) >= 11 is 0. The van der Waals surface area contributed by atoms with Crippen molar-refractivity contribution >= 4 is 5.65 Å². The SMILES string of the molecule is CC1(F)CC1c1nnc2ccc(-c3cnc(OCC(F)(F)F)c(F)c3)nn12. The Morgan fingerprint density at radius 1 is 1.30 bits per heavy atom. The topological polar surface area (TPSA) is 65.2 Å². The summed E-state index contributed by atoms with van der Waals surface area (Å²) in [5.74, 6) is -1.88. The molecule has 0 aromatic carbocycles. The average Bonchev–Trinajstić information content (AvgIpc) is 3.02. The van der Waals surface area contributed by atoms with E-state index >= 15 is 0 Å². The van der Waals surface area contributed by atoms with Crippen LogP contribution in [0.4, 0.5) is 22.0 Å². The van der Waals surface area contributed by atoms with Gasteiger partial charge in [-0.3, -0.25) is 0 Å². The first-order valence-corrected chi connectivity index (χ1v) is 7.91. The van der Waals surface area contributed by atoms with Crippen LogP contribution in [-0.2, 0) is 0 Å². The van der Waals surface area contributed by atoms with Gasteiger partial charge in [0.1, 0.15) is 5.67 Å². The summed E-state index contributed by atoms with van der Waals surface area (Å²) in [5.41, 5.74) is -0.480. The van der Waals surface area contributed by atoms with E-state index in [1.165, 1.54) is 17.5 Å². The lowest BCUT2D eigenvalue weighted by molar-refractivity contribution is -0.154. The predicted octanol–water partition coefficient (Wildman–Crippen LogP) is 3.48. The Hall–Kier alpha value is -2.85. The molecule has 142 valence electrons. The van der Waals surface area contributed by atoms with E-state index in [9.17, 15) is 22.0 Å². The molecule has 0 aliphatic heterocycles. The molecular formula is C16H12F5N5O. The minimum absolute atomic E-state index is 0.215. The highest BCUT2D eigenvalue weighted by Gasteiger charge is 2.54. The first-order valence-electron chi connectivity index (χ1n) is 7.91. The highest BCUT2D eigenvalue weighted by atomic mass is 19.4. The summed E-state index contributed by atoms with van der Waals surface area (Å²) in [7, 11) is 0. The molecule has 1 fully saturated rings. The van der Waals surface area contributed by atoms with Gasteiger partial charge in [0.2, 0.25) is 0 Å². The Balaban J connectivity index is 1.64. The van der Waals surface area contributed by atoms with E-state index in [1.807, 2.05) is 0 Å². The van der Waals surface area contributed by atoms with Crippen LogP contribution in [0.2, 0.25) is 0 Å². The van der Waals surface area contributed by atoms with Gasteiger partial charge in [-0.25, -0.2) is 13.8 Å². The monoisotopic (exact) mass is 385 g/mol. The average molecular weight is 385 g/mol. The van der Waals surface area contributed by atoms with Crippen LogP contribution < -0.4 is 4.74 Å². The second-order valence-corrected chi connectivity index (χ2v) is 6.50. The van der Waals surface area contributed by atoms with Crippen LogP contribution in [0.5, 0.6) is 5.88 Å². The molecule has 0 bridgehead atoms. The lowest BCUT2D eigenvalue weighted by atomic mass is 10.2. The fourth-order valence-electron chi connectivity index (χ4n) is 2.70. The van der Waals surface area contributed by atoms with Crippen molar-refractivity contribution < 1.29 is 26.7 Å². The molecule has 11 heteroatoms. The van der Waals surface area contributed by atoms with Crippen molar-refractivity contribution in [1.82, 2.24) is 24.8 Å². The third-order valence-electron chi connectivity index (χ3n) is 4.24. The molecule has 27 heavy (non-hydrogen) atoms. The second-order valence-electron chi connectivity index (χ2n) is 6.50. The molecule has 2 unspecified atom stereocenters. The minimum atomic E-state index is -4.60. The number of hydrogen-bond acceptors (Lipinski definition) is 5. The quantitative estimate of drug-likeness (QED) is 0.644. The molecule has 4 rings (SSSR count). The Bertz CT molecular complexity index is 1020. The van der Waals surface area contributed by atoms with E-state index in [2.05, 4.69) is 25.0 Å². The molecule has 1 saturated carbocycles. The van der Waals surface area contributed by atoms with E-state index in [0.717, 1.165) is 12.3 Å². The maximum atomic E-state index is 14.0. The number of ether oxygens (including phenoxy) is 1. The minimum Gasteiger partial charge on any atom is -0.466 e. The third-order valence-corrected chi connectivity index (χ3v) is 4.24. The van der Waals surface area contributed by atoms with Crippen LogP contribution in [0.1, 0.15) is 25.1 Å². The first-order chi connectivity index (χ1) is 12.6. The highest BCUT2D eigenvalue weighted by Crippen LogP contribution is 2.53. The number of nitrogens with zero attached hydrogens (tertiary/aromatic N) is 5. The number of rotatable bonds is 4. The van der Waals surface area contributed by atoms with E-state index in [4.69, 9.17) is 0 Å². The smallest absolute Gasteiger partial charge is 0.422 e. The number of aromatic nitrogens is 5. The second kappa shape index (κ2) is 5.83. The summed E-state index contributed by atoms with van der Waals surface area (Å²) < 4.78 is 70.2. The molecule has 6 nitrogen and oxygen atoms in total. The lowest BCUT2D eigenvalue weighted by Gasteiger charge is -2.09. The Kier molecular flexibility index (Phi) is 3.79. The van der Waals surface area contributed by atoms with Crippen molar-refractivity contribution in [3.8, 4) is 17.1 Å². The maximum absolute atomic E-state index is 14.0. The van der Waals surface area contributed by atoms with Gasteiger partial charge in [0.15, 0.2) is 23.9 Å². The van der Waals surface area contributed by atoms with Gasteiger partial charge in [-0.2, -0.15) is 22.8 Å². The van der Waals surface area contributed by atoms with Crippen LogP contribution in [0.25, 0.3) is 16.9 Å². The van der Waals surface area contributed by atoms with Crippen LogP contribution in [0.15, 0.2) is 24.4 Å². The summed E-state index contributed by atoms with van der Waals surface area (Å²) in [6.45, 7) is -0.185. The fourth-order valence-corrected chi connectivity index (χ4v) is 2.70. The largest absolute Gasteiger partial charge is 0.466 e. The van der Waals surface area contributed by atoms with Crippen molar-refractivity contribution in [3.05, 3.63) is 36.0 Å². The van der Waals surface area contributed by atoms with Crippen molar-refractivity contribution in [2.75, 3.05) is 6.61 Å². The molecule has 0 radical (unpaired) electrons. The lowest BCUT2D eigenvalue weighted by Crippen LogP contribution is -2.20. The summed E-state index contributed by atoms with van der Waals surface area (Å²) in [5, 5.41) is 12.2. The molecule has 0 N–H and O–H groups in total. The standard InChI is InChI=1S/C16H12F5N5O/c1-15(18)5-9(15)13-24-23-12-3-2-11(25-26(12)13)8-4-10(17)14(22-6-8)27-7-16(19,20)21/h2-4,6,9H,5,7H2,1H3. The molecule has 0 saturated heterocycles. The predicted molar refractivity (Wildman–Crippen MR) is 82.4 cm³/mol. The van der Waals surface area contributed by atoms with Crippen molar-refractivity contribution in [2.24, 2.45) is 0 Å². The Labute approximate surface area is 149 Å². The van der Waals surface area contributed by atoms with Crippen molar-refractivity contribution in [1.29, 1.82) is 0 Å². The van der Waals surface area contributed by atoms with Gasteiger partial charge in [0.05, 0.1) is 11.6 Å². The van der Waals surface area contributed by atoms with Crippen molar-refractivity contribution in [3.63, 3.8) is 0 Å². The van der Waals surface area contributed by atoms with Gasteiger partial charge in [0, 0.05) is 11.8 Å². The van der Waals surface area contributed by atoms with E-state index < -0.39 is 36.1 Å². The maximum Gasteiger partial charge on any atom is 0.422 e. The molecule has 1 aliphatic carbocycles. The zero-order chi connectivity index (χ0) is 19.4. The highest BCUT2D eigenvalue weighted by molar-refractivity contribution is 5.60. The summed E-state index contributed by atoms with van der Waals surface area (Å²) in [6, 6.07) is 4.07. The number of fused-ring (bicyclic) bond motifs is 1. The molecule has 1 aliphatic rings. The molecule has 2 atom stereocenters. The van der Waals surface area contributed by atoms with Crippen LogP contribution >= 0.6 is 0 Å². The molecule has 0 amide bonds. The first kappa shape index (κ1) is 17.6. The van der Waals surface area contributed by atoms with Crippen LogP contribution in [0.3, 0.4) is 0 Å². The van der Waals surface area contributed by atoms with Crippen molar-refractivity contribution in [2.45, 2.75) is 31.1 Å². The van der Waals surface area contributed by atoms with Gasteiger partial charge in [0.25, 0.3) is 5.88 Å². The molecule has 3 aromatic rings. The Morgan fingerprint density at radius 2 is 2.04 bits per heavy atom. The number of alkyl halides is 4. The van der Waals surface area contributed by atoms with Gasteiger partial charge in [-0.15, -0.1) is 10.2 Å². The van der Waals surface area contributed by atoms with Gasteiger partial charge in [-0.1, -0.05) is 0 Å². The Morgan fingerprint density at radius 3 is 2.67 bits per heavy atom. The number of pyridine rings is 1. The fraction of sp³-hybridized carbons (Fsp3) is 0.375. The number of hydrogen-bond donors (Lipinski definition) is 0. The molecule has 3 heterocycles. The van der Waals surface area contributed by atoms with E-state index in [1.54, 1.807) is 6.07 Å². The summed E-state index contributed by atoms with van der Waals surface area (Å²) in [4.78, 5) is 3.58. The van der Waals surface area contributed by atoms with Crippen LogP contribution in [0, 0.1) is 5.82 Å². The van der Waals surface area contributed by atoms with E-state index in [-0.39, 0.29) is 11.3 Å². The van der Waals surface area contributed by atoms with E-state index in [0.29, 0.717) is 17.9 Å². The van der Waals surface area contributed by atoms with Crippen LogP contribution in [-0.4, -0.2) is 43.2 Å². The summed E-state index contributed by atoms with van der Waals surface area (Å²) in [6.07, 6.45) is -3.15.